The van der Waals surface area contributed by atoms with Gasteiger partial charge in [-0.05, 0) is 48.9 Å². The number of hydrogen-bond donors (Lipinski definition) is 1. The fourth-order valence-corrected chi connectivity index (χ4v) is 3.24. The highest BCUT2D eigenvalue weighted by atomic mass is 19.1. The zero-order chi connectivity index (χ0) is 19.0. The summed E-state index contributed by atoms with van der Waals surface area (Å²) in [6.07, 6.45) is 3.46. The van der Waals surface area contributed by atoms with Gasteiger partial charge in [-0.3, -0.25) is 9.78 Å². The average Bonchev–Trinajstić information content (AvgIpc) is 2.67. The Hall–Kier alpha value is -3.28. The van der Waals surface area contributed by atoms with E-state index in [1.165, 1.54) is 25.1 Å². The maximum absolute atomic E-state index is 13.9. The van der Waals surface area contributed by atoms with Gasteiger partial charge in [-0.2, -0.15) is 0 Å². The summed E-state index contributed by atoms with van der Waals surface area (Å²) in [5.41, 5.74) is 3.06. The lowest BCUT2D eigenvalue weighted by Crippen LogP contribution is -2.28. The van der Waals surface area contributed by atoms with E-state index < -0.39 is 23.6 Å². The van der Waals surface area contributed by atoms with Gasteiger partial charge in [0.1, 0.15) is 24.0 Å². The fraction of sp³-hybridized carbons (Fsp3) is 0.143. The lowest BCUT2D eigenvalue weighted by molar-refractivity contribution is 0.0938. The molecule has 1 atom stereocenters. The summed E-state index contributed by atoms with van der Waals surface area (Å²) in [5.74, 6) is -1.23. The zero-order valence-electron chi connectivity index (χ0n) is 14.5. The van der Waals surface area contributed by atoms with Crippen molar-refractivity contribution in [3.63, 3.8) is 0 Å². The van der Waals surface area contributed by atoms with Gasteiger partial charge in [0.15, 0.2) is 0 Å². The molecule has 4 rings (SSSR count). The molecule has 0 saturated heterocycles. The smallest absolute Gasteiger partial charge is 0.251 e. The Labute approximate surface area is 154 Å². The van der Waals surface area contributed by atoms with Crippen LogP contribution in [0.2, 0.25) is 0 Å². The molecule has 0 aliphatic carbocycles. The number of fused-ring (bicyclic) bond motifs is 3. The van der Waals surface area contributed by atoms with Crippen molar-refractivity contribution in [3.05, 3.63) is 83.2 Å². The lowest BCUT2D eigenvalue weighted by atomic mass is 9.97. The van der Waals surface area contributed by atoms with Crippen LogP contribution in [0.4, 0.5) is 8.78 Å². The van der Waals surface area contributed by atoms with Crippen LogP contribution in [0.3, 0.4) is 0 Å². The number of ether oxygens (including phenoxy) is 1. The first-order valence-corrected chi connectivity index (χ1v) is 8.49. The van der Waals surface area contributed by atoms with E-state index in [-0.39, 0.29) is 5.56 Å². The van der Waals surface area contributed by atoms with Crippen molar-refractivity contribution < 1.29 is 18.3 Å². The van der Waals surface area contributed by atoms with Crippen LogP contribution in [0, 0.1) is 11.6 Å². The standard InChI is InChI=1S/C21H16F2N2O2/c1-12(20-17(22)3-2-4-18(20)23)25-21(26)13-5-6-16-15-7-8-24-10-14(15)11-27-19(16)9-13/h2-10,12H,11H2,1H3,(H,25,26). The quantitative estimate of drug-likeness (QED) is 0.747. The van der Waals surface area contributed by atoms with Gasteiger partial charge in [-0.15, -0.1) is 0 Å². The topological polar surface area (TPSA) is 51.2 Å². The van der Waals surface area contributed by atoms with Crippen molar-refractivity contribution in [2.45, 2.75) is 19.6 Å². The van der Waals surface area contributed by atoms with Crippen LogP contribution in [-0.2, 0) is 6.61 Å². The Balaban J connectivity index is 1.59. The SMILES string of the molecule is CC(NC(=O)c1ccc2c(c1)OCc1cnccc1-2)c1c(F)cccc1F. The third-order valence-corrected chi connectivity index (χ3v) is 4.60. The predicted molar refractivity (Wildman–Crippen MR) is 96.2 cm³/mol. The molecule has 27 heavy (non-hydrogen) atoms. The molecule has 1 amide bonds. The highest BCUT2D eigenvalue weighted by Crippen LogP contribution is 2.37. The minimum absolute atomic E-state index is 0.165. The summed E-state index contributed by atoms with van der Waals surface area (Å²) < 4.78 is 33.5. The number of halogens is 2. The molecule has 0 spiro atoms. The first-order valence-electron chi connectivity index (χ1n) is 8.49. The molecule has 0 bridgehead atoms. The van der Waals surface area contributed by atoms with E-state index in [0.29, 0.717) is 17.9 Å². The molecule has 4 nitrogen and oxygen atoms in total. The Morgan fingerprint density at radius 3 is 2.70 bits per heavy atom. The monoisotopic (exact) mass is 366 g/mol. The molecule has 1 aliphatic rings. The predicted octanol–water partition coefficient (Wildman–Crippen LogP) is 4.41. The summed E-state index contributed by atoms with van der Waals surface area (Å²) in [4.78, 5) is 16.6. The summed E-state index contributed by atoms with van der Waals surface area (Å²) >= 11 is 0. The van der Waals surface area contributed by atoms with E-state index >= 15 is 0 Å². The van der Waals surface area contributed by atoms with Crippen molar-refractivity contribution in [3.8, 4) is 16.9 Å². The van der Waals surface area contributed by atoms with Crippen molar-refractivity contribution in [1.29, 1.82) is 0 Å². The zero-order valence-corrected chi connectivity index (χ0v) is 14.5. The molecule has 1 unspecified atom stereocenters. The molecule has 2 heterocycles. The van der Waals surface area contributed by atoms with Crippen molar-refractivity contribution >= 4 is 5.91 Å². The summed E-state index contributed by atoms with van der Waals surface area (Å²) in [5, 5.41) is 2.64. The van der Waals surface area contributed by atoms with Gasteiger partial charge in [0, 0.05) is 34.6 Å². The van der Waals surface area contributed by atoms with E-state index in [1.807, 2.05) is 6.07 Å². The van der Waals surface area contributed by atoms with E-state index in [2.05, 4.69) is 10.3 Å². The molecule has 2 aromatic carbocycles. The summed E-state index contributed by atoms with van der Waals surface area (Å²) in [7, 11) is 0. The number of carbonyl (C=O) groups excluding carboxylic acids is 1. The molecule has 0 saturated carbocycles. The lowest BCUT2D eigenvalue weighted by Gasteiger charge is -2.21. The number of rotatable bonds is 3. The van der Waals surface area contributed by atoms with Crippen LogP contribution in [0.15, 0.2) is 54.9 Å². The minimum Gasteiger partial charge on any atom is -0.488 e. The Morgan fingerprint density at radius 2 is 1.93 bits per heavy atom. The van der Waals surface area contributed by atoms with Crippen LogP contribution < -0.4 is 10.1 Å². The van der Waals surface area contributed by atoms with Crippen molar-refractivity contribution in [2.24, 2.45) is 0 Å². The largest absolute Gasteiger partial charge is 0.488 e. The molecule has 1 N–H and O–H groups in total. The van der Waals surface area contributed by atoms with Crippen molar-refractivity contribution in [1.82, 2.24) is 10.3 Å². The molecular weight excluding hydrogens is 350 g/mol. The number of nitrogens with one attached hydrogen (secondary N) is 1. The normalized spacial score (nSPS) is 13.1. The van der Waals surface area contributed by atoms with Gasteiger partial charge in [0.2, 0.25) is 0 Å². The average molecular weight is 366 g/mol. The molecule has 136 valence electrons. The third-order valence-electron chi connectivity index (χ3n) is 4.60. The molecule has 0 fully saturated rings. The van der Waals surface area contributed by atoms with Crippen LogP contribution >= 0.6 is 0 Å². The number of benzene rings is 2. The molecule has 1 aliphatic heterocycles. The number of amides is 1. The highest BCUT2D eigenvalue weighted by molar-refractivity contribution is 5.96. The van der Waals surface area contributed by atoms with E-state index in [9.17, 15) is 13.6 Å². The number of hydrogen-bond acceptors (Lipinski definition) is 3. The van der Waals surface area contributed by atoms with Gasteiger partial charge < -0.3 is 10.1 Å². The minimum atomic E-state index is -0.817. The molecule has 0 radical (unpaired) electrons. The highest BCUT2D eigenvalue weighted by Gasteiger charge is 2.21. The Morgan fingerprint density at radius 1 is 1.15 bits per heavy atom. The van der Waals surface area contributed by atoms with E-state index in [0.717, 1.165) is 16.7 Å². The summed E-state index contributed by atoms with van der Waals surface area (Å²) in [6, 6.07) is 9.81. The third kappa shape index (κ3) is 3.14. The first kappa shape index (κ1) is 17.1. The molecular formula is C21H16F2N2O2. The Bertz CT molecular complexity index is 1020. The first-order chi connectivity index (χ1) is 13.0. The van der Waals surface area contributed by atoms with Crippen LogP contribution in [0.25, 0.3) is 11.1 Å². The van der Waals surface area contributed by atoms with E-state index in [4.69, 9.17) is 4.74 Å². The summed E-state index contributed by atoms with van der Waals surface area (Å²) in [6.45, 7) is 1.91. The number of aromatic nitrogens is 1. The van der Waals surface area contributed by atoms with Gasteiger partial charge in [0.25, 0.3) is 5.91 Å². The second kappa shape index (κ2) is 6.79. The van der Waals surface area contributed by atoms with E-state index in [1.54, 1.807) is 30.6 Å². The Kier molecular flexibility index (Phi) is 4.32. The van der Waals surface area contributed by atoms with Gasteiger partial charge in [0.05, 0.1) is 6.04 Å². The maximum Gasteiger partial charge on any atom is 0.251 e. The van der Waals surface area contributed by atoms with Gasteiger partial charge in [-0.1, -0.05) is 6.07 Å². The second-order valence-corrected chi connectivity index (χ2v) is 6.36. The number of nitrogens with zero attached hydrogens (tertiary/aromatic N) is 1. The molecule has 1 aromatic heterocycles. The van der Waals surface area contributed by atoms with Crippen LogP contribution in [-0.4, -0.2) is 10.9 Å². The number of pyridine rings is 1. The van der Waals surface area contributed by atoms with Crippen LogP contribution in [0.5, 0.6) is 5.75 Å². The van der Waals surface area contributed by atoms with Gasteiger partial charge in [-0.25, -0.2) is 8.78 Å². The molecule has 6 heteroatoms. The maximum atomic E-state index is 13.9. The number of carbonyl (C=O) groups is 1. The molecule has 3 aromatic rings. The fourth-order valence-electron chi connectivity index (χ4n) is 3.24. The van der Waals surface area contributed by atoms with Crippen molar-refractivity contribution in [2.75, 3.05) is 0 Å². The van der Waals surface area contributed by atoms with Crippen LogP contribution in [0.1, 0.15) is 34.5 Å². The van der Waals surface area contributed by atoms with Gasteiger partial charge >= 0.3 is 0 Å². The second-order valence-electron chi connectivity index (χ2n) is 6.36.